The predicted molar refractivity (Wildman–Crippen MR) is 86.5 cm³/mol. The van der Waals surface area contributed by atoms with Gasteiger partial charge in [-0.1, -0.05) is 50.2 Å². The van der Waals surface area contributed by atoms with Gasteiger partial charge in [0, 0.05) is 5.69 Å². The van der Waals surface area contributed by atoms with Crippen molar-refractivity contribution < 1.29 is 0 Å². The van der Waals surface area contributed by atoms with Crippen molar-refractivity contribution in [2.75, 3.05) is 5.32 Å². The second-order valence-electron chi connectivity index (χ2n) is 6.26. The van der Waals surface area contributed by atoms with Crippen LogP contribution < -0.4 is 5.32 Å². The van der Waals surface area contributed by atoms with Crippen molar-refractivity contribution in [1.82, 2.24) is 0 Å². The third-order valence-corrected chi connectivity index (χ3v) is 4.57. The SMILES string of the molecule is Cc1ccc2c(c1C)NC(c1ccc(C(C)C)cc1)C2. The van der Waals surface area contributed by atoms with Crippen LogP contribution in [0.25, 0.3) is 0 Å². The van der Waals surface area contributed by atoms with E-state index in [1.54, 1.807) is 0 Å². The molecule has 0 bridgehead atoms. The molecule has 1 heteroatoms. The van der Waals surface area contributed by atoms with Crippen LogP contribution in [0.3, 0.4) is 0 Å². The van der Waals surface area contributed by atoms with Crippen LogP contribution in [0.15, 0.2) is 36.4 Å². The molecule has 0 spiro atoms. The third-order valence-electron chi connectivity index (χ3n) is 4.57. The lowest BCUT2D eigenvalue weighted by Crippen LogP contribution is -2.06. The van der Waals surface area contributed by atoms with Gasteiger partial charge in [0.25, 0.3) is 0 Å². The highest BCUT2D eigenvalue weighted by atomic mass is 15.0. The molecule has 0 radical (unpaired) electrons. The molecule has 0 aromatic heterocycles. The van der Waals surface area contributed by atoms with Gasteiger partial charge in [0.2, 0.25) is 0 Å². The largest absolute Gasteiger partial charge is 0.377 e. The highest BCUT2D eigenvalue weighted by Gasteiger charge is 2.23. The van der Waals surface area contributed by atoms with Gasteiger partial charge < -0.3 is 5.32 Å². The summed E-state index contributed by atoms with van der Waals surface area (Å²) in [7, 11) is 0. The van der Waals surface area contributed by atoms with Crippen LogP contribution >= 0.6 is 0 Å². The molecule has 0 amide bonds. The molecule has 1 unspecified atom stereocenters. The fourth-order valence-corrected chi connectivity index (χ4v) is 3.00. The monoisotopic (exact) mass is 265 g/mol. The first-order valence-corrected chi connectivity index (χ1v) is 7.51. The molecule has 1 nitrogen and oxygen atoms in total. The number of nitrogens with one attached hydrogen (secondary N) is 1. The number of anilines is 1. The van der Waals surface area contributed by atoms with Crippen molar-refractivity contribution in [2.24, 2.45) is 0 Å². The normalized spacial score (nSPS) is 17.1. The van der Waals surface area contributed by atoms with Crippen molar-refractivity contribution in [3.63, 3.8) is 0 Å². The number of rotatable bonds is 2. The second-order valence-corrected chi connectivity index (χ2v) is 6.26. The van der Waals surface area contributed by atoms with Crippen LogP contribution in [0.5, 0.6) is 0 Å². The summed E-state index contributed by atoms with van der Waals surface area (Å²) in [6.07, 6.45) is 1.09. The van der Waals surface area contributed by atoms with Gasteiger partial charge in [-0.3, -0.25) is 0 Å². The first kappa shape index (κ1) is 13.2. The average Bonchev–Trinajstić information content (AvgIpc) is 2.88. The minimum atomic E-state index is 0.423. The molecule has 2 aromatic carbocycles. The van der Waals surface area contributed by atoms with Gasteiger partial charge >= 0.3 is 0 Å². The van der Waals surface area contributed by atoms with Crippen LogP contribution in [0, 0.1) is 13.8 Å². The molecule has 1 aliphatic rings. The van der Waals surface area contributed by atoms with E-state index in [1.807, 2.05) is 0 Å². The highest BCUT2D eigenvalue weighted by molar-refractivity contribution is 5.65. The van der Waals surface area contributed by atoms with Crippen molar-refractivity contribution in [3.05, 3.63) is 64.2 Å². The fourth-order valence-electron chi connectivity index (χ4n) is 3.00. The topological polar surface area (TPSA) is 12.0 Å². The fraction of sp³-hybridized carbons (Fsp3) is 0.368. The molecule has 0 saturated heterocycles. The summed E-state index contributed by atoms with van der Waals surface area (Å²) >= 11 is 0. The van der Waals surface area contributed by atoms with Crippen molar-refractivity contribution in [2.45, 2.75) is 46.1 Å². The zero-order valence-electron chi connectivity index (χ0n) is 12.8. The summed E-state index contributed by atoms with van der Waals surface area (Å²) in [6, 6.07) is 14.0. The summed E-state index contributed by atoms with van der Waals surface area (Å²) < 4.78 is 0. The molecule has 0 fully saturated rings. The Morgan fingerprint density at radius 1 is 1.00 bits per heavy atom. The zero-order valence-corrected chi connectivity index (χ0v) is 12.8. The number of aryl methyl sites for hydroxylation is 1. The van der Waals surface area contributed by atoms with Crippen molar-refractivity contribution in [1.29, 1.82) is 0 Å². The molecule has 104 valence electrons. The first-order chi connectivity index (χ1) is 9.56. The second kappa shape index (κ2) is 4.97. The van der Waals surface area contributed by atoms with Gasteiger partial charge in [0.15, 0.2) is 0 Å². The third kappa shape index (κ3) is 2.22. The molecule has 1 heterocycles. The summed E-state index contributed by atoms with van der Waals surface area (Å²) in [6.45, 7) is 8.88. The molecule has 1 aliphatic heterocycles. The molecule has 0 saturated carbocycles. The quantitative estimate of drug-likeness (QED) is 0.793. The minimum absolute atomic E-state index is 0.423. The number of hydrogen-bond donors (Lipinski definition) is 1. The Morgan fingerprint density at radius 2 is 1.70 bits per heavy atom. The Bertz CT molecular complexity index is 623. The van der Waals surface area contributed by atoms with Gasteiger partial charge in [0.1, 0.15) is 0 Å². The van der Waals surface area contributed by atoms with E-state index in [0.29, 0.717) is 12.0 Å². The predicted octanol–water partition coefficient (Wildman–Crippen LogP) is 5.14. The van der Waals surface area contributed by atoms with Gasteiger partial charge in [-0.05, 0) is 54.0 Å². The number of benzene rings is 2. The zero-order chi connectivity index (χ0) is 14.3. The van der Waals surface area contributed by atoms with Crippen LogP contribution in [-0.2, 0) is 6.42 Å². The molecule has 0 aliphatic carbocycles. The Labute approximate surface area is 122 Å². The molecule has 1 N–H and O–H groups in total. The van der Waals surface area contributed by atoms with Gasteiger partial charge in [0.05, 0.1) is 6.04 Å². The smallest absolute Gasteiger partial charge is 0.0555 e. The standard InChI is InChI=1S/C19H23N/c1-12(2)15-7-9-16(10-8-15)18-11-17-6-5-13(3)14(4)19(17)20-18/h5-10,12,18,20H,11H2,1-4H3. The van der Waals surface area contributed by atoms with E-state index < -0.39 is 0 Å². The van der Waals surface area contributed by atoms with E-state index in [2.05, 4.69) is 69.4 Å². The lowest BCUT2D eigenvalue weighted by atomic mass is 9.97. The molecule has 2 aromatic rings. The van der Waals surface area contributed by atoms with E-state index in [9.17, 15) is 0 Å². The maximum atomic E-state index is 3.71. The van der Waals surface area contributed by atoms with Gasteiger partial charge in [-0.2, -0.15) is 0 Å². The summed E-state index contributed by atoms with van der Waals surface area (Å²) in [5.74, 6) is 0.600. The van der Waals surface area contributed by atoms with Crippen LogP contribution in [0.4, 0.5) is 5.69 Å². The average molecular weight is 265 g/mol. The highest BCUT2D eigenvalue weighted by Crippen LogP contribution is 2.37. The van der Waals surface area contributed by atoms with Crippen molar-refractivity contribution in [3.8, 4) is 0 Å². The minimum Gasteiger partial charge on any atom is -0.377 e. The Kier molecular flexibility index (Phi) is 3.29. The maximum Gasteiger partial charge on any atom is 0.0555 e. The van der Waals surface area contributed by atoms with E-state index in [1.165, 1.54) is 33.5 Å². The molecular weight excluding hydrogens is 242 g/mol. The van der Waals surface area contributed by atoms with Crippen LogP contribution in [0.1, 0.15) is 53.6 Å². The Hall–Kier alpha value is -1.76. The molecule has 3 rings (SSSR count). The van der Waals surface area contributed by atoms with Gasteiger partial charge in [-0.25, -0.2) is 0 Å². The first-order valence-electron chi connectivity index (χ1n) is 7.51. The summed E-state index contributed by atoms with van der Waals surface area (Å²) in [4.78, 5) is 0. The van der Waals surface area contributed by atoms with Crippen LogP contribution in [-0.4, -0.2) is 0 Å². The maximum absolute atomic E-state index is 3.71. The van der Waals surface area contributed by atoms with E-state index in [4.69, 9.17) is 0 Å². The summed E-state index contributed by atoms with van der Waals surface area (Å²) in [5, 5.41) is 3.71. The lowest BCUT2D eigenvalue weighted by Gasteiger charge is -2.14. The molecular formula is C19H23N. The lowest BCUT2D eigenvalue weighted by molar-refractivity contribution is 0.816. The van der Waals surface area contributed by atoms with E-state index in [-0.39, 0.29) is 0 Å². The Morgan fingerprint density at radius 3 is 2.35 bits per heavy atom. The van der Waals surface area contributed by atoms with Crippen LogP contribution in [0.2, 0.25) is 0 Å². The number of fused-ring (bicyclic) bond motifs is 1. The van der Waals surface area contributed by atoms with E-state index in [0.717, 1.165) is 6.42 Å². The molecule has 1 atom stereocenters. The van der Waals surface area contributed by atoms with Gasteiger partial charge in [-0.15, -0.1) is 0 Å². The van der Waals surface area contributed by atoms with Crippen molar-refractivity contribution >= 4 is 5.69 Å². The summed E-state index contributed by atoms with van der Waals surface area (Å²) in [5.41, 5.74) is 8.36. The molecule has 20 heavy (non-hydrogen) atoms. The number of hydrogen-bond acceptors (Lipinski definition) is 1. The Balaban J connectivity index is 1.86. The van der Waals surface area contributed by atoms with E-state index >= 15 is 0 Å².